The van der Waals surface area contributed by atoms with E-state index in [1.54, 1.807) is 12.1 Å². The molecule has 0 spiro atoms. The maximum absolute atomic E-state index is 13.6. The Bertz CT molecular complexity index is 1110. The predicted octanol–water partition coefficient (Wildman–Crippen LogP) is 5.78. The number of piperidine rings is 1. The molecule has 35 heavy (non-hydrogen) atoms. The smallest absolute Gasteiger partial charge is 0.253 e. The zero-order valence-electron chi connectivity index (χ0n) is 20.0. The molecule has 3 aromatic rings. The van der Waals surface area contributed by atoms with Crippen molar-refractivity contribution >= 4 is 5.91 Å². The van der Waals surface area contributed by atoms with E-state index >= 15 is 0 Å². The minimum Gasteiger partial charge on any atom is -0.338 e. The molecule has 2 saturated heterocycles. The van der Waals surface area contributed by atoms with Crippen LogP contribution in [0.2, 0.25) is 0 Å². The van der Waals surface area contributed by atoms with E-state index < -0.39 is 0 Å². The zero-order valence-corrected chi connectivity index (χ0v) is 20.0. The van der Waals surface area contributed by atoms with Gasteiger partial charge in [-0.25, -0.2) is 8.78 Å². The number of carbonyl (C=O) groups excluding carboxylic acids is 1. The topological polar surface area (TPSA) is 23.6 Å². The molecular formula is C30H32F2N2O. The van der Waals surface area contributed by atoms with Gasteiger partial charge in [0.2, 0.25) is 0 Å². The Hall–Kier alpha value is -3.05. The van der Waals surface area contributed by atoms with E-state index in [-0.39, 0.29) is 29.4 Å². The van der Waals surface area contributed by atoms with Gasteiger partial charge in [0.15, 0.2) is 0 Å². The van der Waals surface area contributed by atoms with Crippen LogP contribution in [0.15, 0.2) is 78.9 Å². The highest BCUT2D eigenvalue weighted by Crippen LogP contribution is 2.35. The molecular weight excluding hydrogens is 442 g/mol. The summed E-state index contributed by atoms with van der Waals surface area (Å²) in [7, 11) is 0. The quantitative estimate of drug-likeness (QED) is 0.453. The number of hydrogen-bond acceptors (Lipinski definition) is 2. The van der Waals surface area contributed by atoms with Crippen LogP contribution in [-0.2, 0) is 6.42 Å². The molecule has 0 N–H and O–H groups in total. The Morgan fingerprint density at radius 1 is 0.800 bits per heavy atom. The lowest BCUT2D eigenvalue weighted by Crippen LogP contribution is -2.39. The van der Waals surface area contributed by atoms with Crippen molar-refractivity contribution in [3.63, 3.8) is 0 Å². The molecule has 2 fully saturated rings. The fourth-order valence-electron chi connectivity index (χ4n) is 5.74. The molecule has 2 aliphatic rings. The molecule has 0 aliphatic carbocycles. The second-order valence-electron chi connectivity index (χ2n) is 10.1. The van der Waals surface area contributed by atoms with Gasteiger partial charge in [0.1, 0.15) is 11.6 Å². The number of amides is 1. The highest BCUT2D eigenvalue weighted by atomic mass is 19.1. The number of hydrogen-bond donors (Lipinski definition) is 0. The van der Waals surface area contributed by atoms with Gasteiger partial charge in [-0.15, -0.1) is 0 Å². The largest absolute Gasteiger partial charge is 0.338 e. The van der Waals surface area contributed by atoms with Crippen LogP contribution < -0.4 is 0 Å². The number of halogens is 2. The van der Waals surface area contributed by atoms with Gasteiger partial charge in [0.25, 0.3) is 5.91 Å². The van der Waals surface area contributed by atoms with Crippen LogP contribution in [0.3, 0.4) is 0 Å². The van der Waals surface area contributed by atoms with Crippen LogP contribution in [0, 0.1) is 23.5 Å². The second kappa shape index (κ2) is 10.7. The van der Waals surface area contributed by atoms with Gasteiger partial charge in [-0.1, -0.05) is 42.5 Å². The summed E-state index contributed by atoms with van der Waals surface area (Å²) >= 11 is 0. The van der Waals surface area contributed by atoms with E-state index in [1.807, 2.05) is 17.0 Å². The number of rotatable bonds is 6. The van der Waals surface area contributed by atoms with E-state index in [0.29, 0.717) is 24.6 Å². The van der Waals surface area contributed by atoms with Crippen molar-refractivity contribution in [2.45, 2.75) is 25.2 Å². The van der Waals surface area contributed by atoms with Gasteiger partial charge in [-0.05, 0) is 91.7 Å². The average molecular weight is 475 g/mol. The number of carbonyl (C=O) groups is 1. The third-order valence-electron chi connectivity index (χ3n) is 7.68. The average Bonchev–Trinajstić information content (AvgIpc) is 3.30. The Balaban J connectivity index is 1.25. The van der Waals surface area contributed by atoms with Crippen LogP contribution >= 0.6 is 0 Å². The summed E-state index contributed by atoms with van der Waals surface area (Å²) in [6.45, 7) is 4.30. The molecule has 182 valence electrons. The maximum Gasteiger partial charge on any atom is 0.253 e. The maximum atomic E-state index is 13.6. The van der Waals surface area contributed by atoms with Crippen molar-refractivity contribution in [1.29, 1.82) is 0 Å². The van der Waals surface area contributed by atoms with Crippen molar-refractivity contribution in [2.75, 3.05) is 32.7 Å². The number of benzene rings is 3. The van der Waals surface area contributed by atoms with Crippen molar-refractivity contribution in [3.05, 3.63) is 107 Å². The summed E-state index contributed by atoms with van der Waals surface area (Å²) in [4.78, 5) is 17.6. The first kappa shape index (κ1) is 23.7. The molecule has 1 amide bonds. The van der Waals surface area contributed by atoms with Crippen molar-refractivity contribution < 1.29 is 13.6 Å². The summed E-state index contributed by atoms with van der Waals surface area (Å²) in [5.41, 5.74) is 2.99. The highest BCUT2D eigenvalue weighted by Gasteiger charge is 2.38. The minimum atomic E-state index is -0.347. The van der Waals surface area contributed by atoms with Crippen LogP contribution in [0.25, 0.3) is 0 Å². The molecule has 0 unspecified atom stereocenters. The van der Waals surface area contributed by atoms with Crippen molar-refractivity contribution in [2.24, 2.45) is 11.8 Å². The van der Waals surface area contributed by atoms with Gasteiger partial charge < -0.3 is 9.80 Å². The highest BCUT2D eigenvalue weighted by molar-refractivity contribution is 5.94. The lowest BCUT2D eigenvalue weighted by Gasteiger charge is -2.34. The summed E-state index contributed by atoms with van der Waals surface area (Å²) in [6.07, 6.45) is 3.50. The standard InChI is InChI=1S/C30H32F2N2O/c31-27-10-6-24(7-11-27)29-21-34(30(35)25-8-12-28(32)13-9-25)20-26(29)19-33-16-14-23(15-17-33)18-22-4-2-1-3-5-22/h1-13,23,26,29H,14-21H2/t26-,29+/m0/s1. The summed E-state index contributed by atoms with van der Waals surface area (Å²) in [5.74, 6) is 0.476. The van der Waals surface area contributed by atoms with Gasteiger partial charge in [0.05, 0.1) is 0 Å². The Morgan fingerprint density at radius 2 is 1.43 bits per heavy atom. The van der Waals surface area contributed by atoms with Crippen molar-refractivity contribution in [1.82, 2.24) is 9.80 Å². The zero-order chi connectivity index (χ0) is 24.2. The molecule has 0 aromatic heterocycles. The normalized spacial score (nSPS) is 21.4. The van der Waals surface area contributed by atoms with E-state index in [9.17, 15) is 13.6 Å². The van der Waals surface area contributed by atoms with Crippen LogP contribution in [-0.4, -0.2) is 48.4 Å². The lowest BCUT2D eigenvalue weighted by molar-refractivity contribution is 0.0780. The molecule has 2 aliphatic heterocycles. The SMILES string of the molecule is O=C(c1ccc(F)cc1)N1C[C@H](CN2CCC(Cc3ccccc3)CC2)[C@@H](c2ccc(F)cc2)C1. The first-order valence-electron chi connectivity index (χ1n) is 12.6. The third kappa shape index (κ3) is 5.79. The molecule has 2 atom stereocenters. The summed E-state index contributed by atoms with van der Waals surface area (Å²) in [5, 5.41) is 0. The predicted molar refractivity (Wildman–Crippen MR) is 134 cm³/mol. The van der Waals surface area contributed by atoms with E-state index in [1.165, 1.54) is 42.7 Å². The molecule has 3 aromatic carbocycles. The molecule has 5 heteroatoms. The fraction of sp³-hybridized carbons (Fsp3) is 0.367. The Morgan fingerprint density at radius 3 is 2.09 bits per heavy atom. The Labute approximate surface area is 206 Å². The lowest BCUT2D eigenvalue weighted by atomic mass is 9.86. The van der Waals surface area contributed by atoms with Gasteiger partial charge >= 0.3 is 0 Å². The molecule has 5 rings (SSSR count). The minimum absolute atomic E-state index is 0.0684. The van der Waals surface area contributed by atoms with Crippen LogP contribution in [0.1, 0.15) is 40.2 Å². The fourth-order valence-corrected chi connectivity index (χ4v) is 5.74. The van der Waals surface area contributed by atoms with E-state index in [0.717, 1.165) is 31.6 Å². The molecule has 0 radical (unpaired) electrons. The molecule has 0 bridgehead atoms. The molecule has 2 heterocycles. The number of likely N-dealkylation sites (tertiary alicyclic amines) is 2. The van der Waals surface area contributed by atoms with E-state index in [2.05, 4.69) is 35.2 Å². The second-order valence-corrected chi connectivity index (χ2v) is 10.1. The molecule has 3 nitrogen and oxygen atoms in total. The van der Waals surface area contributed by atoms with Gasteiger partial charge in [-0.3, -0.25) is 4.79 Å². The van der Waals surface area contributed by atoms with Crippen molar-refractivity contribution in [3.8, 4) is 0 Å². The third-order valence-corrected chi connectivity index (χ3v) is 7.68. The first-order valence-corrected chi connectivity index (χ1v) is 12.6. The van der Waals surface area contributed by atoms with Gasteiger partial charge in [-0.2, -0.15) is 0 Å². The first-order chi connectivity index (χ1) is 17.0. The molecule has 0 saturated carbocycles. The summed E-state index contributed by atoms with van der Waals surface area (Å²) < 4.78 is 26.9. The van der Waals surface area contributed by atoms with E-state index in [4.69, 9.17) is 0 Å². The summed E-state index contributed by atoms with van der Waals surface area (Å²) in [6, 6.07) is 23.2. The number of nitrogens with zero attached hydrogens (tertiary/aromatic N) is 2. The Kier molecular flexibility index (Phi) is 7.24. The van der Waals surface area contributed by atoms with Crippen LogP contribution in [0.4, 0.5) is 8.78 Å². The van der Waals surface area contributed by atoms with Gasteiger partial charge in [0, 0.05) is 31.1 Å². The van der Waals surface area contributed by atoms with Crippen LogP contribution in [0.5, 0.6) is 0 Å². The monoisotopic (exact) mass is 474 g/mol.